The summed E-state index contributed by atoms with van der Waals surface area (Å²) in [5.41, 5.74) is 2.10. The molecule has 1 aromatic heterocycles. The van der Waals surface area contributed by atoms with E-state index in [0.717, 1.165) is 20.9 Å². The molecule has 16 heavy (non-hydrogen) atoms. The van der Waals surface area contributed by atoms with Crippen molar-refractivity contribution in [1.29, 1.82) is 0 Å². The van der Waals surface area contributed by atoms with E-state index in [4.69, 9.17) is 0 Å². The molecule has 1 unspecified atom stereocenters. The van der Waals surface area contributed by atoms with Crippen molar-refractivity contribution in [3.8, 4) is 0 Å². The zero-order valence-corrected chi connectivity index (χ0v) is 11.0. The van der Waals surface area contributed by atoms with Gasteiger partial charge in [-0.3, -0.25) is 0 Å². The minimum atomic E-state index is -0.469. The van der Waals surface area contributed by atoms with Gasteiger partial charge in [-0.1, -0.05) is 15.9 Å². The summed E-state index contributed by atoms with van der Waals surface area (Å²) in [6.07, 6.45) is 1.52. The van der Waals surface area contributed by atoms with Crippen LogP contribution in [0.5, 0.6) is 0 Å². The van der Waals surface area contributed by atoms with Crippen LogP contribution in [0.2, 0.25) is 0 Å². The Morgan fingerprint density at radius 1 is 1.50 bits per heavy atom. The van der Waals surface area contributed by atoms with Crippen molar-refractivity contribution in [3.05, 3.63) is 34.4 Å². The molecule has 86 valence electrons. The predicted molar refractivity (Wildman–Crippen MR) is 69.5 cm³/mol. The molecule has 4 heteroatoms. The highest BCUT2D eigenvalue weighted by Crippen LogP contribution is 2.28. The molecule has 1 aromatic carbocycles. The molecule has 0 aliphatic heterocycles. The number of nitrogens with zero attached hydrogens (tertiary/aromatic N) is 1. The lowest BCUT2D eigenvalue weighted by Crippen LogP contribution is -2.16. The largest absolute Gasteiger partial charge is 0.387 e. The fourth-order valence-corrected chi connectivity index (χ4v) is 2.32. The van der Waals surface area contributed by atoms with Crippen LogP contribution in [0.3, 0.4) is 0 Å². The fourth-order valence-electron chi connectivity index (χ4n) is 1.96. The number of hydrogen-bond acceptors (Lipinski definition) is 2. The molecule has 3 nitrogen and oxygen atoms in total. The van der Waals surface area contributed by atoms with Gasteiger partial charge in [0.2, 0.25) is 0 Å². The van der Waals surface area contributed by atoms with Crippen molar-refractivity contribution in [2.75, 3.05) is 13.6 Å². The van der Waals surface area contributed by atoms with Gasteiger partial charge in [-0.2, -0.15) is 0 Å². The van der Waals surface area contributed by atoms with E-state index in [-0.39, 0.29) is 0 Å². The molecule has 0 saturated carbocycles. The van der Waals surface area contributed by atoms with Crippen LogP contribution >= 0.6 is 15.9 Å². The second kappa shape index (κ2) is 4.57. The summed E-state index contributed by atoms with van der Waals surface area (Å²) in [7, 11) is 3.83. The molecule has 2 N–H and O–H groups in total. The van der Waals surface area contributed by atoms with E-state index < -0.39 is 6.10 Å². The first-order chi connectivity index (χ1) is 7.63. The summed E-state index contributed by atoms with van der Waals surface area (Å²) in [5.74, 6) is 0. The molecule has 0 saturated heterocycles. The molecule has 0 spiro atoms. The first-order valence-corrected chi connectivity index (χ1v) is 6.00. The molecule has 1 atom stereocenters. The van der Waals surface area contributed by atoms with Gasteiger partial charge in [0.1, 0.15) is 0 Å². The smallest absolute Gasteiger partial charge is 0.0934 e. The van der Waals surface area contributed by atoms with Crippen molar-refractivity contribution >= 4 is 26.8 Å². The third-order valence-electron chi connectivity index (χ3n) is 2.74. The molecule has 2 rings (SSSR count). The number of aryl methyl sites for hydroxylation is 1. The van der Waals surface area contributed by atoms with Crippen LogP contribution in [-0.4, -0.2) is 23.3 Å². The average Bonchev–Trinajstić information content (AvgIpc) is 2.56. The Bertz CT molecular complexity index is 507. The van der Waals surface area contributed by atoms with Crippen LogP contribution in [0.4, 0.5) is 0 Å². The lowest BCUT2D eigenvalue weighted by Gasteiger charge is -2.08. The van der Waals surface area contributed by atoms with Crippen molar-refractivity contribution < 1.29 is 5.11 Å². The maximum atomic E-state index is 10.0. The number of aromatic nitrogens is 1. The lowest BCUT2D eigenvalue weighted by molar-refractivity contribution is 0.179. The Morgan fingerprint density at radius 3 is 2.94 bits per heavy atom. The van der Waals surface area contributed by atoms with Gasteiger partial charge in [0, 0.05) is 40.7 Å². The van der Waals surface area contributed by atoms with Crippen LogP contribution in [-0.2, 0) is 7.05 Å². The molecular weight excluding hydrogens is 268 g/mol. The average molecular weight is 283 g/mol. The van der Waals surface area contributed by atoms with Crippen LogP contribution in [0.1, 0.15) is 11.7 Å². The number of halogens is 1. The molecular formula is C12H15BrN2O. The summed E-state index contributed by atoms with van der Waals surface area (Å²) in [6, 6.07) is 6.11. The van der Waals surface area contributed by atoms with E-state index in [1.165, 1.54) is 0 Å². The maximum absolute atomic E-state index is 10.0. The number of fused-ring (bicyclic) bond motifs is 1. The Morgan fingerprint density at radius 2 is 2.25 bits per heavy atom. The normalized spacial score (nSPS) is 13.2. The van der Waals surface area contributed by atoms with Crippen LogP contribution in [0, 0.1) is 0 Å². The Kier molecular flexibility index (Phi) is 3.33. The monoisotopic (exact) mass is 282 g/mol. The van der Waals surface area contributed by atoms with Crippen molar-refractivity contribution in [1.82, 2.24) is 9.88 Å². The molecule has 0 radical (unpaired) electrons. The quantitative estimate of drug-likeness (QED) is 0.906. The van der Waals surface area contributed by atoms with Gasteiger partial charge >= 0.3 is 0 Å². The molecule has 0 bridgehead atoms. The Labute approximate surface area is 103 Å². The van der Waals surface area contributed by atoms with E-state index in [0.29, 0.717) is 6.54 Å². The molecule has 0 aliphatic carbocycles. The first kappa shape index (κ1) is 11.6. The van der Waals surface area contributed by atoms with Crippen molar-refractivity contribution in [2.45, 2.75) is 6.10 Å². The van der Waals surface area contributed by atoms with Crippen molar-refractivity contribution in [3.63, 3.8) is 0 Å². The Hall–Kier alpha value is -0.840. The maximum Gasteiger partial charge on any atom is 0.0934 e. The summed E-state index contributed by atoms with van der Waals surface area (Å²) < 4.78 is 3.07. The van der Waals surface area contributed by atoms with Gasteiger partial charge in [0.05, 0.1) is 6.10 Å². The zero-order chi connectivity index (χ0) is 11.7. The number of hydrogen-bond donors (Lipinski definition) is 2. The standard InChI is InChI=1S/C12H15BrN2O/c1-14-6-12(16)10-7-15(2)11-4-3-8(13)5-9(10)11/h3-5,7,12,14,16H,6H2,1-2H3. The molecule has 1 heterocycles. The third-order valence-corrected chi connectivity index (χ3v) is 3.23. The van der Waals surface area contributed by atoms with Gasteiger partial charge in [-0.15, -0.1) is 0 Å². The second-order valence-corrected chi connectivity index (χ2v) is 4.85. The van der Waals surface area contributed by atoms with Gasteiger partial charge in [0.15, 0.2) is 0 Å². The highest BCUT2D eigenvalue weighted by molar-refractivity contribution is 9.10. The lowest BCUT2D eigenvalue weighted by atomic mass is 10.1. The van der Waals surface area contributed by atoms with Gasteiger partial charge in [0.25, 0.3) is 0 Å². The highest BCUT2D eigenvalue weighted by Gasteiger charge is 2.13. The zero-order valence-electron chi connectivity index (χ0n) is 9.37. The van der Waals surface area contributed by atoms with E-state index in [9.17, 15) is 5.11 Å². The number of aliphatic hydroxyl groups is 1. The highest BCUT2D eigenvalue weighted by atomic mass is 79.9. The second-order valence-electron chi connectivity index (χ2n) is 3.93. The third kappa shape index (κ3) is 2.00. The number of aliphatic hydroxyl groups excluding tert-OH is 1. The van der Waals surface area contributed by atoms with Crippen molar-refractivity contribution in [2.24, 2.45) is 7.05 Å². The van der Waals surface area contributed by atoms with Gasteiger partial charge in [-0.25, -0.2) is 0 Å². The summed E-state index contributed by atoms with van der Waals surface area (Å²) in [5, 5.41) is 14.1. The van der Waals surface area contributed by atoms with E-state index in [1.54, 1.807) is 0 Å². The first-order valence-electron chi connectivity index (χ1n) is 5.20. The van der Waals surface area contributed by atoms with E-state index in [2.05, 4.69) is 27.3 Å². The fraction of sp³-hybridized carbons (Fsp3) is 0.333. The van der Waals surface area contributed by atoms with Crippen LogP contribution in [0.15, 0.2) is 28.9 Å². The SMILES string of the molecule is CNCC(O)c1cn(C)c2ccc(Br)cc12. The van der Waals surface area contributed by atoms with Gasteiger partial charge < -0.3 is 15.0 Å². The minimum absolute atomic E-state index is 0.469. The summed E-state index contributed by atoms with van der Waals surface area (Å²) in [6.45, 7) is 0.561. The Balaban J connectivity index is 2.56. The molecule has 0 fully saturated rings. The van der Waals surface area contributed by atoms with Crippen LogP contribution in [0.25, 0.3) is 10.9 Å². The number of likely N-dealkylation sites (N-methyl/N-ethyl adjacent to an activating group) is 1. The minimum Gasteiger partial charge on any atom is -0.387 e. The summed E-state index contributed by atoms with van der Waals surface area (Å²) >= 11 is 3.46. The molecule has 2 aromatic rings. The number of nitrogens with one attached hydrogen (secondary N) is 1. The molecule has 0 aliphatic rings. The summed E-state index contributed by atoms with van der Waals surface area (Å²) in [4.78, 5) is 0. The van der Waals surface area contributed by atoms with Crippen LogP contribution < -0.4 is 5.32 Å². The van der Waals surface area contributed by atoms with Gasteiger partial charge in [-0.05, 0) is 25.2 Å². The topological polar surface area (TPSA) is 37.2 Å². The number of rotatable bonds is 3. The molecule has 0 amide bonds. The number of benzene rings is 1. The van der Waals surface area contributed by atoms with E-state index in [1.807, 2.05) is 37.0 Å². The van der Waals surface area contributed by atoms with E-state index >= 15 is 0 Å². The predicted octanol–water partition coefficient (Wildman–Crippen LogP) is 2.19.